The fourth-order valence-electron chi connectivity index (χ4n) is 2.94. The van der Waals surface area contributed by atoms with E-state index < -0.39 is 0 Å². The van der Waals surface area contributed by atoms with E-state index in [0.717, 1.165) is 30.9 Å². The van der Waals surface area contributed by atoms with Gasteiger partial charge in [-0.1, -0.05) is 6.07 Å². The van der Waals surface area contributed by atoms with Gasteiger partial charge in [-0.3, -0.25) is 0 Å². The van der Waals surface area contributed by atoms with Crippen LogP contribution in [0.15, 0.2) is 18.2 Å². The fourth-order valence-corrected chi connectivity index (χ4v) is 4.00. The summed E-state index contributed by atoms with van der Waals surface area (Å²) < 4.78 is 11.7. The van der Waals surface area contributed by atoms with Crippen molar-refractivity contribution >= 4 is 11.8 Å². The first-order valence-corrected chi connectivity index (χ1v) is 8.68. The van der Waals surface area contributed by atoms with Crippen molar-refractivity contribution in [3.63, 3.8) is 0 Å². The van der Waals surface area contributed by atoms with Crippen molar-refractivity contribution in [2.75, 3.05) is 25.2 Å². The lowest BCUT2D eigenvalue weighted by Crippen LogP contribution is -2.22. The van der Waals surface area contributed by atoms with Crippen LogP contribution < -0.4 is 14.8 Å². The number of hydrogen-bond donors (Lipinski definition) is 1. The topological polar surface area (TPSA) is 30.5 Å². The van der Waals surface area contributed by atoms with Gasteiger partial charge < -0.3 is 14.8 Å². The molecule has 0 bridgehead atoms. The van der Waals surface area contributed by atoms with Crippen molar-refractivity contribution in [2.45, 2.75) is 37.8 Å². The van der Waals surface area contributed by atoms with Gasteiger partial charge in [0.2, 0.25) is 0 Å². The van der Waals surface area contributed by atoms with Crippen molar-refractivity contribution in [1.82, 2.24) is 5.32 Å². The van der Waals surface area contributed by atoms with E-state index in [9.17, 15) is 0 Å². The zero-order chi connectivity index (χ0) is 13.8. The van der Waals surface area contributed by atoms with Gasteiger partial charge in [-0.05, 0) is 61.4 Å². The Balaban J connectivity index is 1.73. The number of hydrogen-bond acceptors (Lipinski definition) is 4. The van der Waals surface area contributed by atoms with Crippen molar-refractivity contribution in [2.24, 2.45) is 0 Å². The Morgan fingerprint density at radius 3 is 2.70 bits per heavy atom. The molecule has 2 aliphatic rings. The van der Waals surface area contributed by atoms with Gasteiger partial charge in [0.25, 0.3) is 0 Å². The van der Waals surface area contributed by atoms with E-state index in [1.807, 2.05) is 11.8 Å². The molecule has 4 heteroatoms. The smallest absolute Gasteiger partial charge is 0.161 e. The Bertz CT molecular complexity index is 440. The fraction of sp³-hybridized carbons (Fsp3) is 0.625. The van der Waals surface area contributed by atoms with Crippen LogP contribution in [0.2, 0.25) is 0 Å². The highest BCUT2D eigenvalue weighted by atomic mass is 32.2. The number of rotatable bonds is 4. The highest BCUT2D eigenvalue weighted by Gasteiger charge is 2.20. The third-order valence-corrected chi connectivity index (χ3v) is 5.16. The Labute approximate surface area is 125 Å². The quantitative estimate of drug-likeness (QED) is 0.922. The van der Waals surface area contributed by atoms with E-state index in [0.29, 0.717) is 12.1 Å². The number of thioether (sulfide) groups is 1. The van der Waals surface area contributed by atoms with Gasteiger partial charge in [-0.15, -0.1) is 0 Å². The lowest BCUT2D eigenvalue weighted by molar-refractivity contribution is 0.184. The highest BCUT2D eigenvalue weighted by Crippen LogP contribution is 2.34. The van der Waals surface area contributed by atoms with E-state index in [2.05, 4.69) is 23.5 Å². The SMILES string of the molecule is COc1cc(C2CCCN2)ccc1OC1CCSCC1. The van der Waals surface area contributed by atoms with E-state index in [-0.39, 0.29) is 0 Å². The molecule has 0 saturated carbocycles. The second kappa shape index (κ2) is 6.72. The molecule has 1 N–H and O–H groups in total. The van der Waals surface area contributed by atoms with Crippen molar-refractivity contribution in [3.8, 4) is 11.5 Å². The minimum absolute atomic E-state index is 0.348. The predicted molar refractivity (Wildman–Crippen MR) is 83.9 cm³/mol. The minimum Gasteiger partial charge on any atom is -0.493 e. The zero-order valence-corrected chi connectivity index (χ0v) is 12.9. The number of methoxy groups -OCH3 is 1. The van der Waals surface area contributed by atoms with Gasteiger partial charge in [0.15, 0.2) is 11.5 Å². The molecular weight excluding hydrogens is 270 g/mol. The van der Waals surface area contributed by atoms with Gasteiger partial charge in [0.05, 0.1) is 7.11 Å². The summed E-state index contributed by atoms with van der Waals surface area (Å²) in [5, 5.41) is 3.53. The number of ether oxygens (including phenoxy) is 2. The summed E-state index contributed by atoms with van der Waals surface area (Å²) in [6.07, 6.45) is 5.09. The molecule has 0 amide bonds. The first-order valence-electron chi connectivity index (χ1n) is 7.52. The van der Waals surface area contributed by atoms with Crippen LogP contribution in [0.4, 0.5) is 0 Å². The molecular formula is C16H23NO2S. The molecule has 3 rings (SSSR count). The van der Waals surface area contributed by atoms with E-state index >= 15 is 0 Å². The first-order chi connectivity index (χ1) is 9.86. The van der Waals surface area contributed by atoms with Gasteiger partial charge in [0.1, 0.15) is 6.10 Å². The molecule has 0 radical (unpaired) electrons. The Kier molecular flexibility index (Phi) is 4.73. The maximum absolute atomic E-state index is 6.14. The summed E-state index contributed by atoms with van der Waals surface area (Å²) in [4.78, 5) is 0. The molecule has 0 aromatic heterocycles. The monoisotopic (exact) mass is 293 g/mol. The zero-order valence-electron chi connectivity index (χ0n) is 12.1. The molecule has 0 aliphatic carbocycles. The predicted octanol–water partition coefficient (Wildman–Crippen LogP) is 3.39. The van der Waals surface area contributed by atoms with Crippen molar-refractivity contribution < 1.29 is 9.47 Å². The van der Waals surface area contributed by atoms with Crippen LogP contribution in [0.25, 0.3) is 0 Å². The molecule has 1 aromatic carbocycles. The van der Waals surface area contributed by atoms with Crippen LogP contribution in [0.1, 0.15) is 37.3 Å². The van der Waals surface area contributed by atoms with Crippen LogP contribution in [-0.4, -0.2) is 31.3 Å². The van der Waals surface area contributed by atoms with Crippen LogP contribution in [0.5, 0.6) is 11.5 Å². The average Bonchev–Trinajstić information content (AvgIpc) is 3.03. The summed E-state index contributed by atoms with van der Waals surface area (Å²) in [5.41, 5.74) is 1.31. The Morgan fingerprint density at radius 2 is 2.00 bits per heavy atom. The third-order valence-electron chi connectivity index (χ3n) is 4.11. The summed E-state index contributed by atoms with van der Waals surface area (Å²) >= 11 is 2.02. The molecule has 1 aromatic rings. The maximum Gasteiger partial charge on any atom is 0.161 e. The second-order valence-corrected chi connectivity index (χ2v) is 6.71. The molecule has 0 spiro atoms. The van der Waals surface area contributed by atoms with Gasteiger partial charge >= 0.3 is 0 Å². The van der Waals surface area contributed by atoms with E-state index in [1.54, 1.807) is 7.11 Å². The molecule has 1 atom stereocenters. The van der Waals surface area contributed by atoms with E-state index in [1.165, 1.54) is 29.9 Å². The average molecular weight is 293 g/mol. The molecule has 1 unspecified atom stereocenters. The molecule has 2 fully saturated rings. The lowest BCUT2D eigenvalue weighted by Gasteiger charge is -2.24. The summed E-state index contributed by atoms with van der Waals surface area (Å²) in [7, 11) is 1.73. The lowest BCUT2D eigenvalue weighted by atomic mass is 10.0. The molecule has 2 aliphatic heterocycles. The van der Waals surface area contributed by atoms with Crippen LogP contribution in [0.3, 0.4) is 0 Å². The molecule has 3 nitrogen and oxygen atoms in total. The van der Waals surface area contributed by atoms with Gasteiger partial charge in [0, 0.05) is 6.04 Å². The highest BCUT2D eigenvalue weighted by molar-refractivity contribution is 7.99. The van der Waals surface area contributed by atoms with Gasteiger partial charge in [-0.25, -0.2) is 0 Å². The standard InChI is InChI=1S/C16H23NO2S/c1-18-16-11-12(14-3-2-8-17-14)4-5-15(16)19-13-6-9-20-10-7-13/h4-5,11,13-14,17H,2-3,6-10H2,1H3. The maximum atomic E-state index is 6.14. The number of nitrogens with one attached hydrogen (secondary N) is 1. The molecule has 2 heterocycles. The number of benzene rings is 1. The summed E-state index contributed by atoms with van der Waals surface area (Å²) in [6, 6.07) is 6.87. The van der Waals surface area contributed by atoms with Crippen LogP contribution >= 0.6 is 11.8 Å². The molecule has 20 heavy (non-hydrogen) atoms. The van der Waals surface area contributed by atoms with Crippen LogP contribution in [0, 0.1) is 0 Å². The summed E-state index contributed by atoms with van der Waals surface area (Å²) in [5.74, 6) is 4.18. The second-order valence-electron chi connectivity index (χ2n) is 5.49. The Hall–Kier alpha value is -0.870. The van der Waals surface area contributed by atoms with Crippen molar-refractivity contribution in [1.29, 1.82) is 0 Å². The largest absolute Gasteiger partial charge is 0.493 e. The van der Waals surface area contributed by atoms with Crippen molar-refractivity contribution in [3.05, 3.63) is 23.8 Å². The minimum atomic E-state index is 0.348. The first kappa shape index (κ1) is 14.1. The molecule has 2 saturated heterocycles. The Morgan fingerprint density at radius 1 is 1.15 bits per heavy atom. The third kappa shape index (κ3) is 3.23. The molecule has 110 valence electrons. The van der Waals surface area contributed by atoms with Gasteiger partial charge in [-0.2, -0.15) is 11.8 Å². The summed E-state index contributed by atoms with van der Waals surface area (Å²) in [6.45, 7) is 1.12. The van der Waals surface area contributed by atoms with Crippen LogP contribution in [-0.2, 0) is 0 Å². The van der Waals surface area contributed by atoms with E-state index in [4.69, 9.17) is 9.47 Å². The normalized spacial score (nSPS) is 23.8.